The number of carbonyl (C=O) groups is 3. The van der Waals surface area contributed by atoms with Gasteiger partial charge in [0.05, 0.1) is 17.9 Å². The number of esters is 2. The van der Waals surface area contributed by atoms with Crippen LogP contribution in [0.25, 0.3) is 0 Å². The molecule has 160 valence electrons. The van der Waals surface area contributed by atoms with Crippen LogP contribution < -0.4 is 0 Å². The van der Waals surface area contributed by atoms with Gasteiger partial charge in [-0.05, 0) is 38.5 Å². The monoisotopic (exact) mass is 435 g/mol. The van der Waals surface area contributed by atoms with E-state index >= 15 is 0 Å². The summed E-state index contributed by atoms with van der Waals surface area (Å²) in [7, 11) is -3.49. The maximum atomic E-state index is 12.6. The van der Waals surface area contributed by atoms with Gasteiger partial charge in [-0.15, -0.1) is 4.40 Å². The van der Waals surface area contributed by atoms with E-state index in [1.807, 2.05) is 0 Å². The van der Waals surface area contributed by atoms with E-state index in [9.17, 15) is 22.8 Å². The van der Waals surface area contributed by atoms with Gasteiger partial charge in [0.15, 0.2) is 6.61 Å². The average Bonchev–Trinajstić information content (AvgIpc) is 2.99. The van der Waals surface area contributed by atoms with E-state index in [4.69, 9.17) is 9.47 Å². The summed E-state index contributed by atoms with van der Waals surface area (Å²) in [5, 5.41) is 0. The number of nitrogens with zero attached hydrogens (tertiary/aromatic N) is 2. The van der Waals surface area contributed by atoms with Crippen LogP contribution in [0.15, 0.2) is 28.3 Å². The van der Waals surface area contributed by atoms with Crippen molar-refractivity contribution in [2.24, 2.45) is 4.40 Å². The fourth-order valence-electron chi connectivity index (χ4n) is 3.18. The van der Waals surface area contributed by atoms with Gasteiger partial charge >= 0.3 is 11.9 Å². The third-order valence-electron chi connectivity index (χ3n) is 4.59. The molecule has 0 aliphatic carbocycles. The van der Waals surface area contributed by atoms with Crippen molar-refractivity contribution in [1.29, 1.82) is 0 Å². The number of ether oxygens (including phenoxy) is 2. The molecule has 10 nitrogen and oxygen atoms in total. The molecule has 2 aliphatic rings. The number of nitrogens with one attached hydrogen (secondary N) is 1. The van der Waals surface area contributed by atoms with Crippen molar-refractivity contribution in [2.45, 2.75) is 20.8 Å². The first-order chi connectivity index (χ1) is 14.1. The minimum atomic E-state index is -3.49. The lowest BCUT2D eigenvalue weighted by atomic mass is 10.1. The van der Waals surface area contributed by atoms with E-state index in [0.717, 1.165) is 0 Å². The molecule has 1 N–H and O–H groups in total. The Labute approximate surface area is 173 Å². The highest BCUT2D eigenvalue weighted by atomic mass is 32.2. The van der Waals surface area contributed by atoms with Crippen LogP contribution in [0.2, 0.25) is 0 Å². The minimum absolute atomic E-state index is 0.156. The summed E-state index contributed by atoms with van der Waals surface area (Å²) in [6, 6.07) is 0. The molecule has 2 aliphatic heterocycles. The molecule has 0 saturated carbocycles. The van der Waals surface area contributed by atoms with Crippen LogP contribution in [0.1, 0.15) is 39.0 Å². The first kappa shape index (κ1) is 21.5. The van der Waals surface area contributed by atoms with Gasteiger partial charge in [-0.1, -0.05) is 0 Å². The lowest BCUT2D eigenvalue weighted by Gasteiger charge is -2.26. The third kappa shape index (κ3) is 4.35. The zero-order valence-electron chi connectivity index (χ0n) is 16.7. The van der Waals surface area contributed by atoms with Crippen molar-refractivity contribution in [2.75, 3.05) is 25.5 Å². The number of ketones is 1. The molecular formula is C19H21N3O7S. The van der Waals surface area contributed by atoms with Crippen molar-refractivity contribution in [3.63, 3.8) is 0 Å². The summed E-state index contributed by atoms with van der Waals surface area (Å²) in [5.74, 6) is -1.69. The zero-order valence-corrected chi connectivity index (χ0v) is 17.5. The molecule has 30 heavy (non-hydrogen) atoms. The topological polar surface area (TPSA) is 135 Å². The SMILES string of the molecule is CCOC(=O)c1[nH]c(C)c(C(=O)COC(=O)C2=CN3CCS(=O)(=O)N=C3C=C2)c1C. The molecule has 1 aromatic rings. The highest BCUT2D eigenvalue weighted by molar-refractivity contribution is 7.90. The van der Waals surface area contributed by atoms with Crippen LogP contribution in [-0.2, 0) is 24.3 Å². The van der Waals surface area contributed by atoms with Crippen LogP contribution in [0.5, 0.6) is 0 Å². The third-order valence-corrected chi connectivity index (χ3v) is 5.75. The quantitative estimate of drug-likeness (QED) is 0.517. The minimum Gasteiger partial charge on any atom is -0.461 e. The Bertz CT molecular complexity index is 1110. The smallest absolute Gasteiger partial charge is 0.355 e. The number of aromatic nitrogens is 1. The van der Waals surface area contributed by atoms with Gasteiger partial charge in [-0.3, -0.25) is 4.79 Å². The van der Waals surface area contributed by atoms with E-state index in [2.05, 4.69) is 9.38 Å². The maximum Gasteiger partial charge on any atom is 0.355 e. The molecule has 0 atom stereocenters. The number of rotatable bonds is 6. The highest BCUT2D eigenvalue weighted by Crippen LogP contribution is 2.20. The normalized spacial score (nSPS) is 17.0. The number of amidine groups is 1. The van der Waals surface area contributed by atoms with E-state index in [0.29, 0.717) is 11.3 Å². The van der Waals surface area contributed by atoms with Crippen molar-refractivity contribution in [3.8, 4) is 0 Å². The summed E-state index contributed by atoms with van der Waals surface area (Å²) in [6.45, 7) is 4.79. The second kappa shape index (κ2) is 8.27. The second-order valence-electron chi connectivity index (χ2n) is 6.69. The molecule has 0 amide bonds. The maximum absolute atomic E-state index is 12.6. The van der Waals surface area contributed by atoms with Crippen molar-refractivity contribution in [3.05, 3.63) is 46.4 Å². The molecule has 0 saturated heterocycles. The number of H-pyrrole nitrogens is 1. The van der Waals surface area contributed by atoms with Gasteiger partial charge in [0.25, 0.3) is 10.0 Å². The number of hydrogen-bond donors (Lipinski definition) is 1. The predicted molar refractivity (Wildman–Crippen MR) is 107 cm³/mol. The average molecular weight is 435 g/mol. The lowest BCUT2D eigenvalue weighted by molar-refractivity contribution is -0.137. The molecule has 0 unspecified atom stereocenters. The van der Waals surface area contributed by atoms with E-state index in [1.54, 1.807) is 20.8 Å². The van der Waals surface area contributed by atoms with E-state index in [1.165, 1.54) is 23.3 Å². The van der Waals surface area contributed by atoms with Gasteiger partial charge in [-0.2, -0.15) is 0 Å². The summed E-state index contributed by atoms with van der Waals surface area (Å²) in [6.07, 6.45) is 4.22. The molecule has 3 heterocycles. The van der Waals surface area contributed by atoms with Crippen molar-refractivity contribution in [1.82, 2.24) is 9.88 Å². The van der Waals surface area contributed by atoms with Gasteiger partial charge in [-0.25, -0.2) is 18.0 Å². The Morgan fingerprint density at radius 2 is 1.90 bits per heavy atom. The molecule has 1 aromatic heterocycles. The van der Waals surface area contributed by atoms with Gasteiger partial charge in [0, 0.05) is 24.0 Å². The summed E-state index contributed by atoms with van der Waals surface area (Å²) in [4.78, 5) is 41.3. The van der Waals surface area contributed by atoms with Crippen LogP contribution in [0, 0.1) is 13.8 Å². The van der Waals surface area contributed by atoms with Gasteiger partial charge in [0.1, 0.15) is 11.5 Å². The Morgan fingerprint density at radius 1 is 1.17 bits per heavy atom. The molecular weight excluding hydrogens is 414 g/mol. The van der Waals surface area contributed by atoms with Crippen LogP contribution in [0.3, 0.4) is 0 Å². The first-order valence-corrected chi connectivity index (χ1v) is 10.8. The van der Waals surface area contributed by atoms with Gasteiger partial charge in [0.2, 0.25) is 5.78 Å². The zero-order chi connectivity index (χ0) is 22.1. The molecule has 0 fully saturated rings. The number of hydrogen-bond acceptors (Lipinski definition) is 8. The number of fused-ring (bicyclic) bond motifs is 1. The molecule has 0 aromatic carbocycles. The van der Waals surface area contributed by atoms with E-state index in [-0.39, 0.29) is 41.6 Å². The Morgan fingerprint density at radius 3 is 2.60 bits per heavy atom. The van der Waals surface area contributed by atoms with Crippen molar-refractivity contribution >= 4 is 33.6 Å². The summed E-state index contributed by atoms with van der Waals surface area (Å²) in [5.41, 5.74) is 1.53. The molecule has 0 spiro atoms. The Kier molecular flexibility index (Phi) is 5.92. The Hall–Kier alpha value is -3.21. The van der Waals surface area contributed by atoms with Crippen LogP contribution in [0.4, 0.5) is 0 Å². The summed E-state index contributed by atoms with van der Waals surface area (Å²) >= 11 is 0. The molecule has 11 heteroatoms. The molecule has 0 bridgehead atoms. The number of Topliss-reactive ketones (excluding diaryl/α,β-unsaturated/α-hetero) is 1. The molecule has 0 radical (unpaired) electrons. The fourth-order valence-corrected chi connectivity index (χ4v) is 4.15. The number of aromatic amines is 1. The number of sulfonamides is 1. The highest BCUT2D eigenvalue weighted by Gasteiger charge is 2.27. The number of carbonyl (C=O) groups excluding carboxylic acids is 3. The second-order valence-corrected chi connectivity index (χ2v) is 8.45. The lowest BCUT2D eigenvalue weighted by Crippen LogP contribution is -2.37. The van der Waals surface area contributed by atoms with Crippen LogP contribution in [-0.4, -0.2) is 67.4 Å². The predicted octanol–water partition coefficient (Wildman–Crippen LogP) is 1.03. The van der Waals surface area contributed by atoms with Crippen LogP contribution >= 0.6 is 0 Å². The van der Waals surface area contributed by atoms with Crippen molar-refractivity contribution < 1.29 is 32.3 Å². The summed E-state index contributed by atoms with van der Waals surface area (Å²) < 4.78 is 36.8. The molecule has 3 rings (SSSR count). The number of aryl methyl sites for hydroxylation is 1. The standard InChI is InChI=1S/C19H21N3O7S/c1-4-28-19(25)17-11(2)16(12(3)20-17)14(23)10-29-18(24)13-5-6-15-21-30(26,27)8-7-22(15)9-13/h5-6,9,20H,4,7-8,10H2,1-3H3. The van der Waals surface area contributed by atoms with Gasteiger partial charge < -0.3 is 19.4 Å². The Balaban J connectivity index is 1.68. The largest absolute Gasteiger partial charge is 0.461 e. The first-order valence-electron chi connectivity index (χ1n) is 9.18. The fraction of sp³-hybridized carbons (Fsp3) is 0.368. The van der Waals surface area contributed by atoms with E-state index < -0.39 is 34.4 Å².